The van der Waals surface area contributed by atoms with Gasteiger partial charge in [-0.3, -0.25) is 9.78 Å². The van der Waals surface area contributed by atoms with Gasteiger partial charge in [-0.2, -0.15) is 0 Å². The lowest BCUT2D eigenvalue weighted by molar-refractivity contribution is 0.102. The van der Waals surface area contributed by atoms with E-state index in [9.17, 15) is 9.18 Å². The van der Waals surface area contributed by atoms with Crippen molar-refractivity contribution in [3.05, 3.63) is 82.6 Å². The summed E-state index contributed by atoms with van der Waals surface area (Å²) in [7, 11) is 0. The summed E-state index contributed by atoms with van der Waals surface area (Å²) in [6.07, 6.45) is 3.29. The minimum absolute atomic E-state index is 0.237. The molecule has 25 heavy (non-hydrogen) atoms. The molecule has 0 bridgehead atoms. The predicted octanol–water partition coefficient (Wildman–Crippen LogP) is 5.43. The number of carbonyl (C=O) groups is 1. The second-order valence-electron chi connectivity index (χ2n) is 5.63. The van der Waals surface area contributed by atoms with Crippen LogP contribution in [-0.2, 0) is 6.67 Å². The van der Waals surface area contributed by atoms with Gasteiger partial charge in [0.05, 0.1) is 11.9 Å². The molecule has 0 aliphatic rings. The molecule has 0 aliphatic heterocycles. The molecule has 1 N–H and O–H groups in total. The smallest absolute Gasteiger partial charge is 0.255 e. The monoisotopic (exact) mass is 354 g/mol. The van der Waals surface area contributed by atoms with Gasteiger partial charge >= 0.3 is 0 Å². The van der Waals surface area contributed by atoms with Crippen molar-refractivity contribution in [2.75, 3.05) is 5.32 Å². The Bertz CT molecular complexity index is 927. The quantitative estimate of drug-likeness (QED) is 0.678. The molecule has 1 heterocycles. The van der Waals surface area contributed by atoms with Crippen molar-refractivity contribution in [2.45, 2.75) is 13.6 Å². The summed E-state index contributed by atoms with van der Waals surface area (Å²) in [6.45, 7) is 1.34. The maximum Gasteiger partial charge on any atom is 0.255 e. The highest BCUT2D eigenvalue weighted by Gasteiger charge is 2.13. The van der Waals surface area contributed by atoms with E-state index in [1.165, 1.54) is 12.1 Å². The van der Waals surface area contributed by atoms with Gasteiger partial charge in [-0.25, -0.2) is 4.39 Å². The fraction of sp³-hybridized carbons (Fsp3) is 0.100. The van der Waals surface area contributed by atoms with Gasteiger partial charge in [-0.1, -0.05) is 41.9 Å². The zero-order valence-electron chi connectivity index (χ0n) is 13.6. The third kappa shape index (κ3) is 3.69. The summed E-state index contributed by atoms with van der Waals surface area (Å²) in [5.74, 6) is -0.324. The molecule has 3 nitrogen and oxygen atoms in total. The molecular weight excluding hydrogens is 339 g/mol. The number of nitrogens with one attached hydrogen (secondary N) is 1. The SMILES string of the molecule is Cc1ccccc1-c1ccncc1NC(=O)c1ccc(CF)c(Cl)c1. The highest BCUT2D eigenvalue weighted by molar-refractivity contribution is 6.31. The number of nitrogens with zero attached hydrogens (tertiary/aromatic N) is 1. The molecule has 0 radical (unpaired) electrons. The van der Waals surface area contributed by atoms with E-state index in [2.05, 4.69) is 10.3 Å². The lowest BCUT2D eigenvalue weighted by Gasteiger charge is -2.13. The van der Waals surface area contributed by atoms with Crippen LogP contribution in [-0.4, -0.2) is 10.9 Å². The Morgan fingerprint density at radius 2 is 1.96 bits per heavy atom. The molecule has 3 rings (SSSR count). The Morgan fingerprint density at radius 3 is 2.68 bits per heavy atom. The van der Waals surface area contributed by atoms with Crippen LogP contribution in [0.3, 0.4) is 0 Å². The van der Waals surface area contributed by atoms with Gasteiger partial charge in [-0.15, -0.1) is 0 Å². The largest absolute Gasteiger partial charge is 0.320 e. The van der Waals surface area contributed by atoms with E-state index < -0.39 is 6.67 Å². The number of hydrogen-bond donors (Lipinski definition) is 1. The first-order valence-corrected chi connectivity index (χ1v) is 8.13. The van der Waals surface area contributed by atoms with Crippen LogP contribution in [0.4, 0.5) is 10.1 Å². The minimum Gasteiger partial charge on any atom is -0.320 e. The number of halogens is 2. The highest BCUT2D eigenvalue weighted by Crippen LogP contribution is 2.30. The Morgan fingerprint density at radius 1 is 1.16 bits per heavy atom. The summed E-state index contributed by atoms with van der Waals surface area (Å²) >= 11 is 5.99. The van der Waals surface area contributed by atoms with Crippen LogP contribution in [0.1, 0.15) is 21.5 Å². The maximum atomic E-state index is 12.8. The number of benzene rings is 2. The van der Waals surface area contributed by atoms with Crippen molar-refractivity contribution in [3.8, 4) is 11.1 Å². The van der Waals surface area contributed by atoms with Crippen molar-refractivity contribution >= 4 is 23.2 Å². The second kappa shape index (κ2) is 7.45. The van der Waals surface area contributed by atoms with Crippen LogP contribution in [0, 0.1) is 6.92 Å². The molecular formula is C20H16ClFN2O. The standard InChI is InChI=1S/C20H16ClFN2O/c1-13-4-2-3-5-16(13)17-8-9-23-12-19(17)24-20(25)14-6-7-15(11-22)18(21)10-14/h2-10,12H,11H2,1H3,(H,24,25). The van der Waals surface area contributed by atoms with Crippen molar-refractivity contribution in [2.24, 2.45) is 0 Å². The van der Waals surface area contributed by atoms with E-state index in [1.807, 2.05) is 37.3 Å². The Kier molecular flexibility index (Phi) is 5.10. The van der Waals surface area contributed by atoms with E-state index in [0.29, 0.717) is 16.8 Å². The van der Waals surface area contributed by atoms with Gasteiger partial charge in [0.15, 0.2) is 0 Å². The zero-order chi connectivity index (χ0) is 17.8. The highest BCUT2D eigenvalue weighted by atomic mass is 35.5. The number of hydrogen-bond acceptors (Lipinski definition) is 2. The number of carbonyl (C=O) groups excluding carboxylic acids is 1. The molecule has 0 saturated heterocycles. The average molecular weight is 355 g/mol. The van der Waals surface area contributed by atoms with Gasteiger partial charge < -0.3 is 5.32 Å². The third-order valence-corrected chi connectivity index (χ3v) is 4.32. The number of aryl methyl sites for hydroxylation is 1. The number of amides is 1. The Labute approximate surface area is 150 Å². The molecule has 1 amide bonds. The lowest BCUT2D eigenvalue weighted by atomic mass is 10.00. The number of alkyl halides is 1. The topological polar surface area (TPSA) is 42.0 Å². The molecule has 0 atom stereocenters. The summed E-state index contributed by atoms with van der Waals surface area (Å²) in [6, 6.07) is 14.3. The predicted molar refractivity (Wildman–Crippen MR) is 98.6 cm³/mol. The van der Waals surface area contributed by atoms with Gasteiger partial charge in [0.2, 0.25) is 0 Å². The zero-order valence-corrected chi connectivity index (χ0v) is 14.3. The van der Waals surface area contributed by atoms with Crippen LogP contribution >= 0.6 is 11.6 Å². The minimum atomic E-state index is -0.666. The van der Waals surface area contributed by atoms with E-state index in [4.69, 9.17) is 11.6 Å². The van der Waals surface area contributed by atoms with Crippen LogP contribution < -0.4 is 5.32 Å². The molecule has 5 heteroatoms. The third-order valence-electron chi connectivity index (χ3n) is 3.96. The number of pyridine rings is 1. The normalized spacial score (nSPS) is 10.5. The van der Waals surface area contributed by atoms with Gasteiger partial charge in [0, 0.05) is 27.9 Å². The lowest BCUT2D eigenvalue weighted by Crippen LogP contribution is -2.13. The molecule has 0 spiro atoms. The van der Waals surface area contributed by atoms with E-state index >= 15 is 0 Å². The molecule has 0 saturated carbocycles. The molecule has 126 valence electrons. The van der Waals surface area contributed by atoms with Gasteiger partial charge in [0.25, 0.3) is 5.91 Å². The summed E-state index contributed by atoms with van der Waals surface area (Å²) in [5, 5.41) is 3.10. The number of rotatable bonds is 4. The molecule has 3 aromatic rings. The molecule has 1 aromatic heterocycles. The molecule has 2 aromatic carbocycles. The van der Waals surface area contributed by atoms with E-state index in [-0.39, 0.29) is 10.9 Å². The first-order chi connectivity index (χ1) is 12.1. The summed E-state index contributed by atoms with van der Waals surface area (Å²) < 4.78 is 12.8. The first kappa shape index (κ1) is 17.1. The van der Waals surface area contributed by atoms with Crippen molar-refractivity contribution in [1.82, 2.24) is 4.98 Å². The van der Waals surface area contributed by atoms with Crippen molar-refractivity contribution in [3.63, 3.8) is 0 Å². The maximum absolute atomic E-state index is 12.8. The average Bonchev–Trinajstić information content (AvgIpc) is 2.62. The molecule has 0 fully saturated rings. The van der Waals surface area contributed by atoms with Crippen LogP contribution in [0.15, 0.2) is 60.9 Å². The molecule has 0 unspecified atom stereocenters. The van der Waals surface area contributed by atoms with E-state index in [1.54, 1.807) is 18.5 Å². The first-order valence-electron chi connectivity index (χ1n) is 7.76. The number of aromatic nitrogens is 1. The second-order valence-corrected chi connectivity index (χ2v) is 6.04. The Hall–Kier alpha value is -2.72. The van der Waals surface area contributed by atoms with Gasteiger partial charge in [0.1, 0.15) is 6.67 Å². The van der Waals surface area contributed by atoms with Crippen LogP contribution in [0.2, 0.25) is 5.02 Å². The Balaban J connectivity index is 1.93. The summed E-state index contributed by atoms with van der Waals surface area (Å²) in [5.41, 5.74) is 4.33. The summed E-state index contributed by atoms with van der Waals surface area (Å²) in [4.78, 5) is 16.6. The van der Waals surface area contributed by atoms with E-state index in [0.717, 1.165) is 16.7 Å². The van der Waals surface area contributed by atoms with Gasteiger partial charge in [-0.05, 0) is 36.2 Å². The molecule has 0 aliphatic carbocycles. The van der Waals surface area contributed by atoms with Crippen LogP contribution in [0.25, 0.3) is 11.1 Å². The van der Waals surface area contributed by atoms with Crippen molar-refractivity contribution < 1.29 is 9.18 Å². The fourth-order valence-electron chi connectivity index (χ4n) is 2.60. The van der Waals surface area contributed by atoms with Crippen molar-refractivity contribution in [1.29, 1.82) is 0 Å². The number of anilines is 1. The fourth-order valence-corrected chi connectivity index (χ4v) is 2.83. The van der Waals surface area contributed by atoms with Crippen LogP contribution in [0.5, 0.6) is 0 Å².